The first kappa shape index (κ1) is 13.4. The van der Waals surface area contributed by atoms with Crippen LogP contribution in [0.1, 0.15) is 41.0 Å². The van der Waals surface area contributed by atoms with Crippen molar-refractivity contribution in [1.82, 2.24) is 5.32 Å². The van der Waals surface area contributed by atoms with Gasteiger partial charge in [-0.15, -0.1) is 0 Å². The van der Waals surface area contributed by atoms with Gasteiger partial charge in [-0.1, -0.05) is 27.7 Å². The molecule has 2 unspecified atom stereocenters. The summed E-state index contributed by atoms with van der Waals surface area (Å²) in [6.45, 7) is 10.3. The van der Waals surface area contributed by atoms with E-state index >= 15 is 0 Å². The fourth-order valence-electron chi connectivity index (χ4n) is 1.22. The summed E-state index contributed by atoms with van der Waals surface area (Å²) >= 11 is 0. The molecule has 0 aromatic carbocycles. The van der Waals surface area contributed by atoms with Crippen molar-refractivity contribution in [2.75, 3.05) is 0 Å². The molecule has 0 spiro atoms. The van der Waals surface area contributed by atoms with Crippen molar-refractivity contribution in [3.05, 3.63) is 0 Å². The van der Waals surface area contributed by atoms with Gasteiger partial charge in [0.25, 0.3) is 0 Å². The highest BCUT2D eigenvalue weighted by molar-refractivity contribution is 5.73. The number of nitrogens with one attached hydrogen (secondary N) is 1. The largest absolute Gasteiger partial charge is 0.480 e. The molecule has 0 saturated carbocycles. The molecular weight excluding hydrogens is 178 g/mol. The van der Waals surface area contributed by atoms with E-state index in [0.29, 0.717) is 18.3 Å². The molecule has 0 aliphatic heterocycles. The van der Waals surface area contributed by atoms with Crippen LogP contribution in [0.15, 0.2) is 0 Å². The highest BCUT2D eigenvalue weighted by atomic mass is 16.4. The Hall–Kier alpha value is -0.570. The van der Waals surface area contributed by atoms with Gasteiger partial charge in [0.15, 0.2) is 0 Å². The SMILES string of the molecule is CC(C)CC(NC(C)C(C)C)C(=O)O. The summed E-state index contributed by atoms with van der Waals surface area (Å²) in [7, 11) is 0. The molecule has 2 atom stereocenters. The van der Waals surface area contributed by atoms with E-state index in [1.165, 1.54) is 0 Å². The summed E-state index contributed by atoms with van der Waals surface area (Å²) in [6.07, 6.45) is 0.687. The molecule has 0 fully saturated rings. The maximum Gasteiger partial charge on any atom is 0.320 e. The minimum absolute atomic E-state index is 0.245. The van der Waals surface area contributed by atoms with Gasteiger partial charge in [-0.3, -0.25) is 4.79 Å². The Morgan fingerprint density at radius 3 is 2.00 bits per heavy atom. The predicted molar refractivity (Wildman–Crippen MR) is 58.3 cm³/mol. The zero-order chi connectivity index (χ0) is 11.3. The Labute approximate surface area is 86.9 Å². The van der Waals surface area contributed by atoms with Crippen molar-refractivity contribution in [3.8, 4) is 0 Å². The molecule has 0 saturated heterocycles. The quantitative estimate of drug-likeness (QED) is 0.692. The summed E-state index contributed by atoms with van der Waals surface area (Å²) in [5, 5.41) is 12.1. The molecule has 0 aliphatic carbocycles. The second kappa shape index (κ2) is 6.02. The molecule has 0 heterocycles. The minimum Gasteiger partial charge on any atom is -0.480 e. The van der Waals surface area contributed by atoms with Crippen LogP contribution in [0.2, 0.25) is 0 Å². The number of hydrogen-bond donors (Lipinski definition) is 2. The molecule has 3 nitrogen and oxygen atoms in total. The van der Waals surface area contributed by atoms with Gasteiger partial charge in [0.2, 0.25) is 0 Å². The first-order valence-electron chi connectivity index (χ1n) is 5.33. The molecule has 3 heteroatoms. The van der Waals surface area contributed by atoms with Crippen LogP contribution >= 0.6 is 0 Å². The number of hydrogen-bond acceptors (Lipinski definition) is 2. The standard InChI is InChI=1S/C11H23NO2/c1-7(2)6-10(11(13)14)12-9(5)8(3)4/h7-10,12H,6H2,1-5H3,(H,13,14). The van der Waals surface area contributed by atoms with Crippen molar-refractivity contribution >= 4 is 5.97 Å². The second-order valence-electron chi connectivity index (χ2n) is 4.72. The molecule has 0 aromatic rings. The third-order valence-corrected chi connectivity index (χ3v) is 2.47. The Morgan fingerprint density at radius 1 is 1.21 bits per heavy atom. The Balaban J connectivity index is 4.16. The van der Waals surface area contributed by atoms with E-state index in [2.05, 4.69) is 19.2 Å². The zero-order valence-electron chi connectivity index (χ0n) is 9.87. The Bertz CT molecular complexity index is 178. The van der Waals surface area contributed by atoms with E-state index in [1.807, 2.05) is 20.8 Å². The third-order valence-electron chi connectivity index (χ3n) is 2.47. The average molecular weight is 201 g/mol. The normalized spacial score (nSPS) is 15.9. The summed E-state index contributed by atoms with van der Waals surface area (Å²) in [6, 6.07) is -0.165. The average Bonchev–Trinajstić information content (AvgIpc) is 2.01. The van der Waals surface area contributed by atoms with Crippen LogP contribution in [0.25, 0.3) is 0 Å². The second-order valence-corrected chi connectivity index (χ2v) is 4.72. The molecule has 0 rings (SSSR count). The Morgan fingerprint density at radius 2 is 1.71 bits per heavy atom. The van der Waals surface area contributed by atoms with Gasteiger partial charge in [-0.25, -0.2) is 0 Å². The van der Waals surface area contributed by atoms with Gasteiger partial charge in [-0.2, -0.15) is 0 Å². The van der Waals surface area contributed by atoms with E-state index in [0.717, 1.165) is 0 Å². The summed E-state index contributed by atoms with van der Waals surface area (Å²) in [5.74, 6) is 0.123. The lowest BCUT2D eigenvalue weighted by Gasteiger charge is -2.23. The summed E-state index contributed by atoms with van der Waals surface area (Å²) < 4.78 is 0. The van der Waals surface area contributed by atoms with Gasteiger partial charge < -0.3 is 10.4 Å². The van der Waals surface area contributed by atoms with Gasteiger partial charge in [0.05, 0.1) is 0 Å². The van der Waals surface area contributed by atoms with E-state index in [9.17, 15) is 4.79 Å². The number of carboxylic acid groups (broad SMARTS) is 1. The Kier molecular flexibility index (Phi) is 5.77. The molecule has 14 heavy (non-hydrogen) atoms. The van der Waals surface area contributed by atoms with Crippen molar-refractivity contribution in [2.24, 2.45) is 11.8 Å². The molecular formula is C11H23NO2. The van der Waals surface area contributed by atoms with Crippen LogP contribution in [0.3, 0.4) is 0 Å². The maximum atomic E-state index is 10.9. The zero-order valence-corrected chi connectivity index (χ0v) is 9.87. The summed E-state index contributed by atoms with van der Waals surface area (Å²) in [5.41, 5.74) is 0. The summed E-state index contributed by atoms with van der Waals surface area (Å²) in [4.78, 5) is 10.9. The van der Waals surface area contributed by atoms with Crippen LogP contribution in [-0.4, -0.2) is 23.2 Å². The van der Waals surface area contributed by atoms with E-state index < -0.39 is 12.0 Å². The van der Waals surface area contributed by atoms with Crippen LogP contribution in [0.4, 0.5) is 0 Å². The van der Waals surface area contributed by atoms with Gasteiger partial charge in [-0.05, 0) is 25.2 Å². The van der Waals surface area contributed by atoms with Crippen LogP contribution in [-0.2, 0) is 4.79 Å². The molecule has 2 N–H and O–H groups in total. The van der Waals surface area contributed by atoms with Crippen LogP contribution in [0, 0.1) is 11.8 Å². The maximum absolute atomic E-state index is 10.9. The fourth-order valence-corrected chi connectivity index (χ4v) is 1.22. The minimum atomic E-state index is -0.744. The lowest BCUT2D eigenvalue weighted by Crippen LogP contribution is -2.44. The first-order chi connectivity index (χ1) is 6.34. The van der Waals surface area contributed by atoms with Crippen LogP contribution in [0.5, 0.6) is 0 Å². The van der Waals surface area contributed by atoms with E-state index in [-0.39, 0.29) is 6.04 Å². The monoisotopic (exact) mass is 201 g/mol. The number of aliphatic carboxylic acids is 1. The van der Waals surface area contributed by atoms with Gasteiger partial charge in [0, 0.05) is 6.04 Å². The predicted octanol–water partition coefficient (Wildman–Crippen LogP) is 2.12. The lowest BCUT2D eigenvalue weighted by molar-refractivity contribution is -0.140. The number of carbonyl (C=O) groups is 1. The smallest absolute Gasteiger partial charge is 0.320 e. The molecule has 0 radical (unpaired) electrons. The first-order valence-corrected chi connectivity index (χ1v) is 5.33. The molecule has 0 aromatic heterocycles. The molecule has 0 bridgehead atoms. The number of rotatable bonds is 6. The van der Waals surface area contributed by atoms with Crippen molar-refractivity contribution in [2.45, 2.75) is 53.1 Å². The molecule has 84 valence electrons. The van der Waals surface area contributed by atoms with E-state index in [1.54, 1.807) is 0 Å². The van der Waals surface area contributed by atoms with Crippen molar-refractivity contribution in [1.29, 1.82) is 0 Å². The molecule has 0 amide bonds. The molecule has 0 aliphatic rings. The fraction of sp³-hybridized carbons (Fsp3) is 0.909. The third kappa shape index (κ3) is 5.22. The van der Waals surface area contributed by atoms with E-state index in [4.69, 9.17) is 5.11 Å². The van der Waals surface area contributed by atoms with Crippen molar-refractivity contribution in [3.63, 3.8) is 0 Å². The highest BCUT2D eigenvalue weighted by Crippen LogP contribution is 2.08. The topological polar surface area (TPSA) is 49.3 Å². The lowest BCUT2D eigenvalue weighted by atomic mass is 10.0. The van der Waals surface area contributed by atoms with Crippen LogP contribution < -0.4 is 5.32 Å². The van der Waals surface area contributed by atoms with Gasteiger partial charge >= 0.3 is 5.97 Å². The van der Waals surface area contributed by atoms with Gasteiger partial charge in [0.1, 0.15) is 6.04 Å². The van der Waals surface area contributed by atoms with Crippen molar-refractivity contribution < 1.29 is 9.90 Å². The highest BCUT2D eigenvalue weighted by Gasteiger charge is 2.21. The number of carboxylic acids is 1.